The summed E-state index contributed by atoms with van der Waals surface area (Å²) in [5.41, 5.74) is 10.2. The second-order valence-corrected chi connectivity index (χ2v) is 16.8. The summed E-state index contributed by atoms with van der Waals surface area (Å²) in [4.78, 5) is 11.0. The Morgan fingerprint density at radius 1 is 0.492 bits per heavy atom. The number of amidine groups is 2. The third-order valence-corrected chi connectivity index (χ3v) is 13.4. The van der Waals surface area contributed by atoms with Crippen LogP contribution in [0.15, 0.2) is 209 Å². The first-order valence-corrected chi connectivity index (χ1v) is 21.4. The van der Waals surface area contributed by atoms with E-state index in [9.17, 15) is 0 Å². The number of aromatic nitrogens is 1. The molecule has 1 atom stereocenters. The van der Waals surface area contributed by atoms with Crippen LogP contribution in [0.2, 0.25) is 0 Å². The minimum Gasteiger partial charge on any atom is -0.456 e. The molecule has 12 aromatic rings. The number of benzene rings is 9. The average Bonchev–Trinajstić information content (AvgIpc) is 4.00. The van der Waals surface area contributed by atoms with Crippen LogP contribution in [0.4, 0.5) is 0 Å². The fourth-order valence-electron chi connectivity index (χ4n) is 9.42. The molecule has 0 bridgehead atoms. The molecular formula is C55H34N4OS. The minimum atomic E-state index is -0.413. The molecule has 1 aliphatic rings. The number of fused-ring (bicyclic) bond motifs is 10. The fraction of sp³-hybridized carbons (Fsp3) is 0.0182. The van der Waals surface area contributed by atoms with Gasteiger partial charge in [0.05, 0.1) is 16.7 Å². The molecule has 61 heavy (non-hydrogen) atoms. The molecule has 4 heterocycles. The Balaban J connectivity index is 1.07. The second kappa shape index (κ2) is 13.4. The highest BCUT2D eigenvalue weighted by molar-refractivity contribution is 7.25. The number of rotatable bonds is 5. The summed E-state index contributed by atoms with van der Waals surface area (Å²) in [5, 5.41) is 13.1. The first kappa shape index (κ1) is 34.1. The monoisotopic (exact) mass is 798 g/mol. The number of hydrogen-bond acceptors (Lipinski definition) is 5. The molecule has 0 amide bonds. The van der Waals surface area contributed by atoms with E-state index in [-0.39, 0.29) is 0 Å². The van der Waals surface area contributed by atoms with E-state index < -0.39 is 6.17 Å². The third-order valence-electron chi connectivity index (χ3n) is 12.2. The van der Waals surface area contributed by atoms with Gasteiger partial charge in [-0.1, -0.05) is 146 Å². The smallest absolute Gasteiger partial charge is 0.160 e. The number of aliphatic imine (C=N–C) groups is 2. The number of thiophene rings is 1. The molecule has 9 aromatic carbocycles. The van der Waals surface area contributed by atoms with Gasteiger partial charge in [-0.15, -0.1) is 11.3 Å². The molecule has 6 heteroatoms. The number of furan rings is 1. The molecule has 13 rings (SSSR count). The average molecular weight is 799 g/mol. The quantitative estimate of drug-likeness (QED) is 0.189. The molecule has 1 aliphatic heterocycles. The third kappa shape index (κ3) is 5.39. The van der Waals surface area contributed by atoms with E-state index in [1.807, 2.05) is 12.1 Å². The lowest BCUT2D eigenvalue weighted by molar-refractivity contribution is 0.667. The maximum absolute atomic E-state index is 6.77. The van der Waals surface area contributed by atoms with Gasteiger partial charge in [0.2, 0.25) is 0 Å². The van der Waals surface area contributed by atoms with Gasteiger partial charge in [-0.25, -0.2) is 9.98 Å². The summed E-state index contributed by atoms with van der Waals surface area (Å²) >= 11 is 1.81. The highest BCUT2D eigenvalue weighted by atomic mass is 32.1. The molecule has 5 nitrogen and oxygen atoms in total. The summed E-state index contributed by atoms with van der Waals surface area (Å²) in [5.74, 6) is 1.43. The number of hydrogen-bond donors (Lipinski definition) is 1. The summed E-state index contributed by atoms with van der Waals surface area (Å²) in [6.07, 6.45) is -0.413. The van der Waals surface area contributed by atoms with E-state index in [4.69, 9.17) is 14.4 Å². The predicted molar refractivity (Wildman–Crippen MR) is 256 cm³/mol. The Morgan fingerprint density at radius 2 is 1.20 bits per heavy atom. The first-order chi connectivity index (χ1) is 30.2. The van der Waals surface area contributed by atoms with Crippen molar-refractivity contribution in [2.24, 2.45) is 9.98 Å². The van der Waals surface area contributed by atoms with Crippen molar-refractivity contribution in [2.75, 3.05) is 0 Å². The van der Waals surface area contributed by atoms with E-state index in [1.165, 1.54) is 47.3 Å². The van der Waals surface area contributed by atoms with Crippen LogP contribution in [-0.4, -0.2) is 16.2 Å². The van der Waals surface area contributed by atoms with Crippen LogP contribution in [0, 0.1) is 0 Å². The second-order valence-electron chi connectivity index (χ2n) is 15.8. The van der Waals surface area contributed by atoms with Gasteiger partial charge in [0.1, 0.15) is 23.2 Å². The Morgan fingerprint density at radius 3 is 2.07 bits per heavy atom. The van der Waals surface area contributed by atoms with Crippen LogP contribution in [0.3, 0.4) is 0 Å². The highest BCUT2D eigenvalue weighted by Crippen LogP contribution is 2.41. The Labute approximate surface area is 354 Å². The maximum Gasteiger partial charge on any atom is 0.160 e. The Kier molecular flexibility index (Phi) is 7.47. The molecule has 3 aromatic heterocycles. The molecule has 286 valence electrons. The van der Waals surface area contributed by atoms with Crippen molar-refractivity contribution >= 4 is 97.7 Å². The van der Waals surface area contributed by atoms with Gasteiger partial charge >= 0.3 is 0 Å². The molecule has 0 spiro atoms. The van der Waals surface area contributed by atoms with E-state index in [0.717, 1.165) is 66.7 Å². The zero-order valence-corrected chi connectivity index (χ0v) is 33.5. The molecule has 1 unspecified atom stereocenters. The standard InChI is InChI=1S/C55H34N4OS/c1-2-13-33(14-3-1)34-25-27-35(28-26-34)53-56-54(42-20-12-24-50-52(42)41-19-8-11-23-49(41)61-50)58-55(57-53)44-31-38(32-48-51(44)40-18-7-10-22-47(40)60-48)59-45-21-9-6-17-39(45)43-29-36-15-4-5-16-37(36)30-46(43)59/h1-32,53H,(H,56,57,58). The zero-order chi connectivity index (χ0) is 40.0. The topological polar surface area (TPSA) is 54.8 Å². The van der Waals surface area contributed by atoms with Crippen LogP contribution < -0.4 is 5.32 Å². The van der Waals surface area contributed by atoms with Gasteiger partial charge in [0.25, 0.3) is 0 Å². The van der Waals surface area contributed by atoms with Gasteiger partial charge in [0, 0.05) is 58.9 Å². The van der Waals surface area contributed by atoms with E-state index >= 15 is 0 Å². The van der Waals surface area contributed by atoms with E-state index in [2.05, 4.69) is 192 Å². The van der Waals surface area contributed by atoms with Crippen LogP contribution in [0.5, 0.6) is 0 Å². The van der Waals surface area contributed by atoms with Gasteiger partial charge < -0.3 is 14.3 Å². The molecule has 0 saturated heterocycles. The molecule has 0 fully saturated rings. The minimum absolute atomic E-state index is 0.413. The van der Waals surface area contributed by atoms with Gasteiger partial charge in [-0.05, 0) is 69.9 Å². The number of nitrogens with zero attached hydrogens (tertiary/aromatic N) is 3. The summed E-state index contributed by atoms with van der Waals surface area (Å²) in [7, 11) is 0. The molecule has 0 saturated carbocycles. The first-order valence-electron chi connectivity index (χ1n) is 20.6. The van der Waals surface area contributed by atoms with Crippen molar-refractivity contribution in [1.82, 2.24) is 9.88 Å². The van der Waals surface area contributed by atoms with Crippen LogP contribution >= 0.6 is 11.3 Å². The zero-order valence-electron chi connectivity index (χ0n) is 32.7. The van der Waals surface area contributed by atoms with Crippen molar-refractivity contribution in [3.63, 3.8) is 0 Å². The molecule has 0 radical (unpaired) electrons. The Hall–Kier alpha value is -7.80. The van der Waals surface area contributed by atoms with Crippen molar-refractivity contribution < 1.29 is 4.42 Å². The van der Waals surface area contributed by atoms with Crippen LogP contribution in [0.1, 0.15) is 22.9 Å². The Bertz CT molecular complexity index is 3800. The summed E-state index contributed by atoms with van der Waals surface area (Å²) in [6.45, 7) is 0. The van der Waals surface area contributed by atoms with E-state index in [1.54, 1.807) is 11.3 Å². The SMILES string of the molecule is c1ccc(-c2ccc(C3N=C(c4cccc5sc6ccccc6c45)N=C(c4cc(-n5c6ccccc6c6cc7ccccc7cc65)cc5oc6ccccc6c45)N3)cc2)cc1. The molecule has 1 N–H and O–H groups in total. The van der Waals surface area contributed by atoms with Crippen molar-refractivity contribution in [1.29, 1.82) is 0 Å². The summed E-state index contributed by atoms with van der Waals surface area (Å²) < 4.78 is 11.6. The van der Waals surface area contributed by atoms with E-state index in [0.29, 0.717) is 5.84 Å². The molecular weight excluding hydrogens is 765 g/mol. The van der Waals surface area contributed by atoms with Gasteiger partial charge in [-0.3, -0.25) is 0 Å². The van der Waals surface area contributed by atoms with Gasteiger partial charge in [0.15, 0.2) is 5.84 Å². The van der Waals surface area contributed by atoms with Crippen molar-refractivity contribution in [3.8, 4) is 16.8 Å². The lowest BCUT2D eigenvalue weighted by Gasteiger charge is -2.25. The number of nitrogens with one attached hydrogen (secondary N) is 1. The number of para-hydroxylation sites is 2. The summed E-state index contributed by atoms with van der Waals surface area (Å²) in [6, 6.07) is 69.1. The van der Waals surface area contributed by atoms with Crippen LogP contribution in [0.25, 0.3) is 91.5 Å². The largest absolute Gasteiger partial charge is 0.456 e. The predicted octanol–water partition coefficient (Wildman–Crippen LogP) is 14.4. The van der Waals surface area contributed by atoms with Crippen molar-refractivity contribution in [3.05, 3.63) is 211 Å². The van der Waals surface area contributed by atoms with Crippen molar-refractivity contribution in [2.45, 2.75) is 6.17 Å². The van der Waals surface area contributed by atoms with Gasteiger partial charge in [-0.2, -0.15) is 0 Å². The lowest BCUT2D eigenvalue weighted by Crippen LogP contribution is -2.33. The maximum atomic E-state index is 6.77. The lowest BCUT2D eigenvalue weighted by atomic mass is 10.0. The molecule has 0 aliphatic carbocycles. The fourth-order valence-corrected chi connectivity index (χ4v) is 10.5. The highest BCUT2D eigenvalue weighted by Gasteiger charge is 2.27. The normalized spacial score (nSPS) is 14.4. The van der Waals surface area contributed by atoms with Crippen LogP contribution in [-0.2, 0) is 0 Å².